The second kappa shape index (κ2) is 6.01. The number of halogens is 1. The molecule has 0 spiro atoms. The van der Waals surface area contributed by atoms with Gasteiger partial charge in [0, 0.05) is 12.2 Å². The molecule has 0 saturated heterocycles. The predicted octanol–water partition coefficient (Wildman–Crippen LogP) is 2.31. The van der Waals surface area contributed by atoms with Crippen molar-refractivity contribution in [2.75, 3.05) is 13.4 Å². The third-order valence-electron chi connectivity index (χ3n) is 1.71. The molecule has 1 rings (SSSR count). The minimum atomic E-state index is -0.0408. The number of para-hydroxylation sites is 1. The zero-order valence-electron chi connectivity index (χ0n) is 8.00. The molecule has 0 heterocycles. The van der Waals surface area contributed by atoms with Crippen molar-refractivity contribution < 1.29 is 14.6 Å². The van der Waals surface area contributed by atoms with Gasteiger partial charge in [-0.2, -0.15) is 0 Å². The highest BCUT2D eigenvalue weighted by atomic mass is 79.9. The smallest absolute Gasteiger partial charge is 0.189 e. The van der Waals surface area contributed by atoms with E-state index in [2.05, 4.69) is 15.9 Å². The largest absolute Gasteiger partial charge is 0.466 e. The van der Waals surface area contributed by atoms with Gasteiger partial charge in [0.05, 0.1) is 11.1 Å². The van der Waals surface area contributed by atoms with Crippen LogP contribution in [0.4, 0.5) is 0 Å². The molecule has 0 atom stereocenters. The molecule has 78 valence electrons. The van der Waals surface area contributed by atoms with Gasteiger partial charge in [-0.25, -0.2) is 0 Å². The third-order valence-corrected chi connectivity index (χ3v) is 2.33. The number of hydrogen-bond acceptors (Lipinski definition) is 3. The lowest BCUT2D eigenvalue weighted by Crippen LogP contribution is -2.04. The summed E-state index contributed by atoms with van der Waals surface area (Å²) in [4.78, 5) is 0. The summed E-state index contributed by atoms with van der Waals surface area (Å²) >= 11 is 3.35. The molecule has 0 aliphatic heterocycles. The van der Waals surface area contributed by atoms with Crippen LogP contribution in [-0.4, -0.2) is 18.5 Å². The summed E-state index contributed by atoms with van der Waals surface area (Å²) in [5.74, 6) is 0.642. The van der Waals surface area contributed by atoms with Gasteiger partial charge in [-0.1, -0.05) is 12.1 Å². The lowest BCUT2D eigenvalue weighted by molar-refractivity contribution is 0.0207. The fraction of sp³-hybridized carbons (Fsp3) is 0.400. The summed E-state index contributed by atoms with van der Waals surface area (Å²) in [7, 11) is 0. The molecule has 0 aromatic heterocycles. The molecule has 1 N–H and O–H groups in total. The number of aliphatic hydroxyl groups excluding tert-OH is 1. The maximum Gasteiger partial charge on any atom is 0.189 e. The van der Waals surface area contributed by atoms with Crippen molar-refractivity contribution in [3.8, 4) is 5.75 Å². The van der Waals surface area contributed by atoms with Crippen LogP contribution >= 0.6 is 15.9 Å². The molecule has 0 bridgehead atoms. The quantitative estimate of drug-likeness (QED) is 0.653. The molecule has 1 aromatic rings. The van der Waals surface area contributed by atoms with Gasteiger partial charge in [0.15, 0.2) is 6.79 Å². The van der Waals surface area contributed by atoms with Gasteiger partial charge in [-0.3, -0.25) is 0 Å². The van der Waals surface area contributed by atoms with E-state index in [-0.39, 0.29) is 13.4 Å². The van der Waals surface area contributed by atoms with Crippen LogP contribution in [-0.2, 0) is 11.3 Å². The van der Waals surface area contributed by atoms with Crippen LogP contribution in [0.25, 0.3) is 0 Å². The van der Waals surface area contributed by atoms with Gasteiger partial charge < -0.3 is 14.6 Å². The fourth-order valence-corrected chi connectivity index (χ4v) is 1.55. The third kappa shape index (κ3) is 2.97. The minimum Gasteiger partial charge on any atom is -0.466 e. The van der Waals surface area contributed by atoms with Crippen LogP contribution in [0, 0.1) is 0 Å². The molecule has 14 heavy (non-hydrogen) atoms. The van der Waals surface area contributed by atoms with Crippen molar-refractivity contribution in [3.63, 3.8) is 0 Å². The maximum atomic E-state index is 9.06. The van der Waals surface area contributed by atoms with E-state index in [9.17, 15) is 0 Å². The van der Waals surface area contributed by atoms with Gasteiger partial charge in [-0.05, 0) is 28.9 Å². The standard InChI is InChI=1S/C10H13BrO3/c1-2-13-7-14-10-8(6-12)4-3-5-9(10)11/h3-5,12H,2,6-7H2,1H3. The number of hydrogen-bond donors (Lipinski definition) is 1. The van der Waals surface area contributed by atoms with E-state index in [4.69, 9.17) is 14.6 Å². The highest BCUT2D eigenvalue weighted by Crippen LogP contribution is 2.28. The van der Waals surface area contributed by atoms with Crippen molar-refractivity contribution in [2.45, 2.75) is 13.5 Å². The summed E-state index contributed by atoms with van der Waals surface area (Å²) in [6.45, 7) is 2.67. The second-order valence-corrected chi connectivity index (χ2v) is 3.50. The van der Waals surface area contributed by atoms with Crippen molar-refractivity contribution in [1.29, 1.82) is 0 Å². The molecule has 0 unspecified atom stereocenters. The Hall–Kier alpha value is -0.580. The Kier molecular flexibility index (Phi) is 4.93. The summed E-state index contributed by atoms with van der Waals surface area (Å²) in [6, 6.07) is 5.52. The Morgan fingerprint density at radius 1 is 1.43 bits per heavy atom. The highest BCUT2D eigenvalue weighted by Gasteiger charge is 2.06. The van der Waals surface area contributed by atoms with Gasteiger partial charge in [0.2, 0.25) is 0 Å². The molecule has 3 nitrogen and oxygen atoms in total. The molecular formula is C10H13BrO3. The molecule has 0 radical (unpaired) electrons. The van der Waals surface area contributed by atoms with Crippen LogP contribution in [0.5, 0.6) is 5.75 Å². The first-order valence-corrected chi connectivity index (χ1v) is 5.17. The summed E-state index contributed by atoms with van der Waals surface area (Å²) in [5, 5.41) is 9.06. The molecule has 0 amide bonds. The lowest BCUT2D eigenvalue weighted by Gasteiger charge is -2.11. The SMILES string of the molecule is CCOCOc1c(Br)cccc1CO. The first kappa shape index (κ1) is 11.5. The van der Waals surface area contributed by atoms with Crippen LogP contribution in [0.15, 0.2) is 22.7 Å². The monoisotopic (exact) mass is 260 g/mol. The summed E-state index contributed by atoms with van der Waals surface area (Å²) < 4.78 is 11.3. The van der Waals surface area contributed by atoms with E-state index in [0.29, 0.717) is 12.4 Å². The molecule has 0 aliphatic carbocycles. The first-order valence-electron chi connectivity index (χ1n) is 4.38. The Balaban J connectivity index is 2.72. The zero-order valence-corrected chi connectivity index (χ0v) is 9.58. The van der Waals surface area contributed by atoms with Gasteiger partial charge in [0.25, 0.3) is 0 Å². The first-order chi connectivity index (χ1) is 6.79. The minimum absolute atomic E-state index is 0.0408. The number of rotatable bonds is 5. The van der Waals surface area contributed by atoms with E-state index in [0.717, 1.165) is 10.0 Å². The van der Waals surface area contributed by atoms with E-state index < -0.39 is 0 Å². The average Bonchev–Trinajstić information content (AvgIpc) is 2.20. The molecule has 0 saturated carbocycles. The van der Waals surface area contributed by atoms with Crippen LogP contribution in [0.1, 0.15) is 12.5 Å². The molecular weight excluding hydrogens is 248 g/mol. The Morgan fingerprint density at radius 3 is 2.86 bits per heavy atom. The van der Waals surface area contributed by atoms with E-state index in [1.165, 1.54) is 0 Å². The molecule has 0 fully saturated rings. The van der Waals surface area contributed by atoms with Crippen molar-refractivity contribution in [2.24, 2.45) is 0 Å². The van der Waals surface area contributed by atoms with Crippen LogP contribution < -0.4 is 4.74 Å². The Morgan fingerprint density at radius 2 is 2.21 bits per heavy atom. The van der Waals surface area contributed by atoms with Crippen LogP contribution in [0.3, 0.4) is 0 Å². The van der Waals surface area contributed by atoms with Crippen molar-refractivity contribution >= 4 is 15.9 Å². The fourth-order valence-electron chi connectivity index (χ4n) is 1.02. The lowest BCUT2D eigenvalue weighted by atomic mass is 10.2. The Labute approximate surface area is 91.8 Å². The Bertz CT molecular complexity index is 289. The number of aliphatic hydroxyl groups is 1. The van der Waals surface area contributed by atoms with Crippen molar-refractivity contribution in [1.82, 2.24) is 0 Å². The van der Waals surface area contributed by atoms with Gasteiger partial charge in [-0.15, -0.1) is 0 Å². The van der Waals surface area contributed by atoms with E-state index in [1.54, 1.807) is 0 Å². The topological polar surface area (TPSA) is 38.7 Å². The van der Waals surface area contributed by atoms with Gasteiger partial charge in [0.1, 0.15) is 5.75 Å². The molecule has 0 aliphatic rings. The van der Waals surface area contributed by atoms with Crippen molar-refractivity contribution in [3.05, 3.63) is 28.2 Å². The summed E-state index contributed by atoms with van der Waals surface area (Å²) in [6.07, 6.45) is 0. The average molecular weight is 261 g/mol. The predicted molar refractivity (Wildman–Crippen MR) is 57.2 cm³/mol. The van der Waals surface area contributed by atoms with E-state index >= 15 is 0 Å². The molecule has 1 aromatic carbocycles. The zero-order chi connectivity index (χ0) is 10.4. The summed E-state index contributed by atoms with van der Waals surface area (Å²) in [5.41, 5.74) is 0.749. The molecule has 4 heteroatoms. The van der Waals surface area contributed by atoms with Crippen LogP contribution in [0.2, 0.25) is 0 Å². The van der Waals surface area contributed by atoms with E-state index in [1.807, 2.05) is 25.1 Å². The normalized spacial score (nSPS) is 10.2. The maximum absolute atomic E-state index is 9.06. The number of benzene rings is 1. The number of ether oxygens (including phenoxy) is 2. The second-order valence-electron chi connectivity index (χ2n) is 2.64. The highest BCUT2D eigenvalue weighted by molar-refractivity contribution is 9.10. The van der Waals surface area contributed by atoms with Gasteiger partial charge >= 0.3 is 0 Å².